The molecule has 1 heterocycles. The first-order chi connectivity index (χ1) is 16.1. The monoisotopic (exact) mass is 470 g/mol. The van der Waals surface area contributed by atoms with Gasteiger partial charge in [-0.15, -0.1) is 0 Å². The second-order valence-corrected chi connectivity index (χ2v) is 7.82. The van der Waals surface area contributed by atoms with Crippen LogP contribution in [0.5, 0.6) is 0 Å². The molecule has 0 radical (unpaired) electrons. The molecule has 0 unspecified atom stereocenters. The van der Waals surface area contributed by atoms with Crippen molar-refractivity contribution in [2.45, 2.75) is 12.4 Å². The summed E-state index contributed by atoms with van der Waals surface area (Å²) in [5.74, 6) is 0. The van der Waals surface area contributed by atoms with Crippen LogP contribution in [0.3, 0.4) is 0 Å². The first-order valence-electron chi connectivity index (χ1n) is 10.3. The lowest BCUT2D eigenvalue weighted by molar-refractivity contribution is -0.138. The zero-order valence-corrected chi connectivity index (χ0v) is 17.4. The molecule has 4 aromatic carbocycles. The van der Waals surface area contributed by atoms with Crippen molar-refractivity contribution in [2.24, 2.45) is 0 Å². The van der Waals surface area contributed by atoms with Gasteiger partial charge in [-0.2, -0.15) is 26.3 Å². The molecule has 0 bridgehead atoms. The van der Waals surface area contributed by atoms with Crippen LogP contribution in [0.25, 0.3) is 16.3 Å². The zero-order chi connectivity index (χ0) is 24.1. The smallest absolute Gasteiger partial charge is 0.300 e. The van der Waals surface area contributed by atoms with E-state index >= 15 is 0 Å². The lowest BCUT2D eigenvalue weighted by Gasteiger charge is -2.33. The lowest BCUT2D eigenvalue weighted by atomic mass is 9.90. The lowest BCUT2D eigenvalue weighted by Crippen LogP contribution is -2.33. The normalized spacial score (nSPS) is 13.9. The van der Waals surface area contributed by atoms with Gasteiger partial charge in [0.15, 0.2) is 0 Å². The minimum atomic E-state index is -4.45. The van der Waals surface area contributed by atoms with E-state index in [9.17, 15) is 26.3 Å². The maximum Gasteiger partial charge on any atom is 0.416 e. The number of alkyl halides is 6. The highest BCUT2D eigenvalue weighted by Crippen LogP contribution is 2.42. The molecule has 0 aliphatic carbocycles. The summed E-state index contributed by atoms with van der Waals surface area (Å²) in [5, 5.41) is 3.44. The van der Waals surface area contributed by atoms with Crippen molar-refractivity contribution in [2.75, 3.05) is 5.01 Å². The molecule has 0 saturated heterocycles. The van der Waals surface area contributed by atoms with Crippen molar-refractivity contribution in [3.05, 3.63) is 113 Å². The van der Waals surface area contributed by atoms with Crippen LogP contribution in [-0.4, -0.2) is 0 Å². The Morgan fingerprint density at radius 1 is 0.618 bits per heavy atom. The van der Waals surface area contributed by atoms with E-state index in [0.29, 0.717) is 22.5 Å². The topological polar surface area (TPSA) is 15.3 Å². The van der Waals surface area contributed by atoms with E-state index in [1.165, 1.54) is 24.3 Å². The van der Waals surface area contributed by atoms with Gasteiger partial charge in [-0.25, -0.2) is 0 Å². The van der Waals surface area contributed by atoms with E-state index in [1.54, 1.807) is 11.2 Å². The van der Waals surface area contributed by atoms with E-state index in [2.05, 4.69) is 5.43 Å². The van der Waals surface area contributed by atoms with Gasteiger partial charge < -0.3 is 5.43 Å². The third-order valence-corrected chi connectivity index (χ3v) is 5.73. The maximum absolute atomic E-state index is 13.0. The van der Waals surface area contributed by atoms with E-state index < -0.39 is 23.5 Å². The second-order valence-electron chi connectivity index (χ2n) is 7.82. The summed E-state index contributed by atoms with van der Waals surface area (Å²) in [7, 11) is 0. The van der Waals surface area contributed by atoms with Gasteiger partial charge in [-0.05, 0) is 58.8 Å². The van der Waals surface area contributed by atoms with Crippen molar-refractivity contribution in [1.82, 2.24) is 5.43 Å². The fraction of sp³-hybridized carbons (Fsp3) is 0.0769. The fourth-order valence-electron chi connectivity index (χ4n) is 4.08. The second kappa shape index (κ2) is 7.83. The number of benzene rings is 4. The van der Waals surface area contributed by atoms with E-state index in [0.717, 1.165) is 40.6 Å². The molecule has 1 aliphatic rings. The minimum Gasteiger partial charge on any atom is -0.300 e. The van der Waals surface area contributed by atoms with Crippen molar-refractivity contribution in [3.63, 3.8) is 0 Å². The molecule has 34 heavy (non-hydrogen) atoms. The van der Waals surface area contributed by atoms with Crippen LogP contribution < -0.4 is 10.4 Å². The quantitative estimate of drug-likeness (QED) is 0.299. The highest BCUT2D eigenvalue weighted by Gasteiger charge is 2.32. The standard InChI is InChI=1S/C26H16F6N2/c27-25(28,29)18-8-5-17(6-9-18)22-15-33-34(20-12-10-19(11-13-20)26(30,31)32)23-14-7-16-3-1-2-4-21(16)24(22)23/h1-15,33H. The minimum absolute atomic E-state index is 0.479. The van der Waals surface area contributed by atoms with Crippen LogP contribution >= 0.6 is 0 Å². The Kier molecular flexibility index (Phi) is 5.04. The van der Waals surface area contributed by atoms with Gasteiger partial charge in [-0.1, -0.05) is 42.5 Å². The number of nitrogens with zero attached hydrogens (tertiary/aromatic N) is 1. The highest BCUT2D eigenvalue weighted by atomic mass is 19.4. The number of rotatable bonds is 2. The fourth-order valence-corrected chi connectivity index (χ4v) is 4.08. The van der Waals surface area contributed by atoms with Crippen LogP contribution in [0.2, 0.25) is 0 Å². The molecule has 0 amide bonds. The van der Waals surface area contributed by atoms with Crippen LogP contribution in [0.1, 0.15) is 22.3 Å². The molecule has 0 saturated carbocycles. The molecule has 1 aliphatic heterocycles. The summed E-state index contributed by atoms with van der Waals surface area (Å²) in [5.41, 5.74) is 4.72. The molecule has 2 nitrogen and oxygen atoms in total. The average Bonchev–Trinajstić information content (AvgIpc) is 2.82. The molecule has 0 atom stereocenters. The van der Waals surface area contributed by atoms with Crippen LogP contribution in [0.15, 0.2) is 91.1 Å². The third kappa shape index (κ3) is 3.85. The number of anilines is 2. The number of hydrogen-bond donors (Lipinski definition) is 1. The molecule has 172 valence electrons. The van der Waals surface area contributed by atoms with Gasteiger partial charge in [0.25, 0.3) is 0 Å². The SMILES string of the molecule is FC(F)(F)c1ccc(C2=CNN(c3ccc(C(F)(F)F)cc3)c3ccc4ccccc4c32)cc1. The number of hydrazine groups is 1. The largest absolute Gasteiger partial charge is 0.416 e. The van der Waals surface area contributed by atoms with Crippen LogP contribution in [0.4, 0.5) is 37.7 Å². The molecule has 5 rings (SSSR count). The molecule has 8 heteroatoms. The molecular weight excluding hydrogens is 454 g/mol. The first-order valence-corrected chi connectivity index (χ1v) is 10.3. The summed E-state index contributed by atoms with van der Waals surface area (Å²) in [6.45, 7) is 0. The molecule has 1 N–H and O–H groups in total. The zero-order valence-electron chi connectivity index (χ0n) is 17.4. The summed E-state index contributed by atoms with van der Waals surface area (Å²) >= 11 is 0. The number of fused-ring (bicyclic) bond motifs is 3. The van der Waals surface area contributed by atoms with Crippen LogP contribution in [0, 0.1) is 0 Å². The molecule has 0 fully saturated rings. The van der Waals surface area contributed by atoms with Crippen molar-refractivity contribution < 1.29 is 26.3 Å². The Labute approximate surface area is 190 Å². The first kappa shape index (κ1) is 21.9. The number of hydrogen-bond acceptors (Lipinski definition) is 2. The Bertz CT molecular complexity index is 1380. The van der Waals surface area contributed by atoms with Crippen molar-refractivity contribution in [1.29, 1.82) is 0 Å². The van der Waals surface area contributed by atoms with E-state index in [4.69, 9.17) is 0 Å². The van der Waals surface area contributed by atoms with Gasteiger partial charge in [0.2, 0.25) is 0 Å². The summed E-state index contributed by atoms with van der Waals surface area (Å²) in [6, 6.07) is 20.9. The number of halogens is 6. The highest BCUT2D eigenvalue weighted by molar-refractivity contribution is 6.04. The van der Waals surface area contributed by atoms with Gasteiger partial charge in [0.05, 0.1) is 22.5 Å². The van der Waals surface area contributed by atoms with Crippen molar-refractivity contribution >= 4 is 27.7 Å². The Morgan fingerprint density at radius 2 is 1.21 bits per heavy atom. The Balaban J connectivity index is 1.64. The summed E-state index contributed by atoms with van der Waals surface area (Å²) in [4.78, 5) is 0. The van der Waals surface area contributed by atoms with Gasteiger partial charge in [-0.3, -0.25) is 5.01 Å². The summed E-state index contributed by atoms with van der Waals surface area (Å²) in [6.07, 6.45) is -7.24. The molecule has 4 aromatic rings. The average molecular weight is 470 g/mol. The van der Waals surface area contributed by atoms with Gasteiger partial charge >= 0.3 is 12.4 Å². The van der Waals surface area contributed by atoms with Gasteiger partial charge in [0, 0.05) is 17.3 Å². The maximum atomic E-state index is 13.0. The van der Waals surface area contributed by atoms with E-state index in [-0.39, 0.29) is 0 Å². The van der Waals surface area contributed by atoms with Crippen LogP contribution in [-0.2, 0) is 12.4 Å². The number of nitrogens with one attached hydrogen (secondary N) is 1. The predicted octanol–water partition coefficient (Wildman–Crippen LogP) is 7.92. The molecule has 0 spiro atoms. The Hall–Kier alpha value is -3.94. The molecule has 0 aromatic heterocycles. The summed E-state index contributed by atoms with van der Waals surface area (Å²) < 4.78 is 78.2. The predicted molar refractivity (Wildman–Crippen MR) is 119 cm³/mol. The van der Waals surface area contributed by atoms with E-state index in [1.807, 2.05) is 36.4 Å². The Morgan fingerprint density at radius 3 is 1.82 bits per heavy atom. The third-order valence-electron chi connectivity index (χ3n) is 5.73. The van der Waals surface area contributed by atoms with Crippen molar-refractivity contribution in [3.8, 4) is 0 Å². The molecular formula is C26H16F6N2. The van der Waals surface area contributed by atoms with Gasteiger partial charge in [0.1, 0.15) is 0 Å².